The lowest BCUT2D eigenvalue weighted by Crippen LogP contribution is -2.17. The molecule has 2 heterocycles. The lowest BCUT2D eigenvalue weighted by molar-refractivity contribution is 0.0696. The van der Waals surface area contributed by atoms with Crippen LogP contribution in [0.1, 0.15) is 46.6 Å². The third-order valence-corrected chi connectivity index (χ3v) is 4.15. The molecule has 7 nitrogen and oxygen atoms in total. The Kier molecular flexibility index (Phi) is 4.22. The van der Waals surface area contributed by atoms with E-state index in [1.165, 1.54) is 10.9 Å². The summed E-state index contributed by atoms with van der Waals surface area (Å²) in [5.41, 5.74) is 1.90. The van der Waals surface area contributed by atoms with Crippen molar-refractivity contribution in [3.63, 3.8) is 0 Å². The minimum Gasteiger partial charge on any atom is -0.478 e. The van der Waals surface area contributed by atoms with Crippen LogP contribution in [-0.2, 0) is 12.1 Å². The Morgan fingerprint density at radius 1 is 1.31 bits per heavy atom. The Morgan fingerprint density at radius 3 is 2.65 bits per heavy atom. The number of carboxylic acids is 1. The van der Waals surface area contributed by atoms with Gasteiger partial charge in [0.2, 0.25) is 0 Å². The molecule has 0 spiro atoms. The van der Waals surface area contributed by atoms with Crippen LogP contribution >= 0.6 is 0 Å². The minimum absolute atomic E-state index is 0.00947. The molecule has 26 heavy (non-hydrogen) atoms. The molecule has 0 aliphatic heterocycles. The molecule has 1 aromatic carbocycles. The second-order valence-corrected chi connectivity index (χ2v) is 6.77. The van der Waals surface area contributed by atoms with Crippen LogP contribution in [0.15, 0.2) is 30.6 Å². The molecule has 0 unspecified atom stereocenters. The molecule has 3 aromatic rings. The second-order valence-electron chi connectivity index (χ2n) is 6.77. The largest absolute Gasteiger partial charge is 0.478 e. The van der Waals surface area contributed by atoms with Gasteiger partial charge >= 0.3 is 5.97 Å². The van der Waals surface area contributed by atoms with Crippen molar-refractivity contribution < 1.29 is 15.0 Å². The van der Waals surface area contributed by atoms with Crippen molar-refractivity contribution >= 4 is 16.9 Å². The van der Waals surface area contributed by atoms with Crippen molar-refractivity contribution in [2.45, 2.75) is 32.9 Å². The highest BCUT2D eigenvalue weighted by Gasteiger charge is 2.22. The maximum atomic E-state index is 11.2. The quantitative estimate of drug-likeness (QED) is 0.748. The number of aliphatic hydroxyl groups is 1. The van der Waals surface area contributed by atoms with E-state index >= 15 is 0 Å². The smallest absolute Gasteiger partial charge is 0.340 e. The maximum Gasteiger partial charge on any atom is 0.340 e. The summed E-state index contributed by atoms with van der Waals surface area (Å²) in [6.07, 6.45) is 2.92. The predicted octanol–water partition coefficient (Wildman–Crippen LogP) is 2.59. The van der Waals surface area contributed by atoms with E-state index in [0.29, 0.717) is 11.1 Å². The van der Waals surface area contributed by atoms with Crippen LogP contribution < -0.4 is 0 Å². The number of aromatic nitrogens is 3. The van der Waals surface area contributed by atoms with Crippen molar-refractivity contribution in [2.24, 2.45) is 0 Å². The highest BCUT2D eigenvalue weighted by Crippen LogP contribution is 2.29. The number of fused-ring (bicyclic) bond motifs is 1. The summed E-state index contributed by atoms with van der Waals surface area (Å²) in [6, 6.07) is 7.59. The summed E-state index contributed by atoms with van der Waals surface area (Å²) >= 11 is 0. The van der Waals surface area contributed by atoms with Gasteiger partial charge in [0, 0.05) is 17.1 Å². The molecular formula is C19H18N4O3. The summed E-state index contributed by atoms with van der Waals surface area (Å²) < 4.78 is 1.35. The molecule has 0 bridgehead atoms. The lowest BCUT2D eigenvalue weighted by Gasteiger charge is -2.21. The number of hydrogen-bond donors (Lipinski definition) is 2. The van der Waals surface area contributed by atoms with Crippen LogP contribution in [0.5, 0.6) is 0 Å². The Bertz CT molecular complexity index is 1060. The molecule has 0 fully saturated rings. The van der Waals surface area contributed by atoms with Crippen LogP contribution in [0.2, 0.25) is 0 Å². The molecule has 0 amide bonds. The Labute approximate surface area is 150 Å². The van der Waals surface area contributed by atoms with E-state index in [9.17, 15) is 15.2 Å². The average Bonchev–Trinajstić information content (AvgIpc) is 2.95. The van der Waals surface area contributed by atoms with Gasteiger partial charge in [-0.3, -0.25) is 4.98 Å². The van der Waals surface area contributed by atoms with E-state index < -0.39 is 11.6 Å². The fourth-order valence-corrected chi connectivity index (χ4v) is 2.93. The second kappa shape index (κ2) is 6.24. The maximum absolute atomic E-state index is 11.2. The van der Waals surface area contributed by atoms with Crippen molar-refractivity contribution in [3.05, 3.63) is 58.5 Å². The van der Waals surface area contributed by atoms with E-state index in [1.807, 2.05) is 31.2 Å². The fourth-order valence-electron chi connectivity index (χ4n) is 2.93. The fraction of sp³-hybridized carbons (Fsp3) is 0.263. The highest BCUT2D eigenvalue weighted by molar-refractivity contribution is 5.89. The average molecular weight is 350 g/mol. The van der Waals surface area contributed by atoms with Crippen LogP contribution in [0.3, 0.4) is 0 Å². The van der Waals surface area contributed by atoms with Crippen LogP contribution in [0.4, 0.5) is 0 Å². The van der Waals surface area contributed by atoms with Gasteiger partial charge in [-0.2, -0.15) is 10.4 Å². The molecule has 3 rings (SSSR count). The molecule has 0 radical (unpaired) electrons. The Hall–Kier alpha value is -3.24. The summed E-state index contributed by atoms with van der Waals surface area (Å²) in [7, 11) is 0. The molecule has 0 saturated heterocycles. The first kappa shape index (κ1) is 17.6. The molecule has 2 N–H and O–H groups in total. The van der Waals surface area contributed by atoms with Gasteiger partial charge in [-0.15, -0.1) is 0 Å². The first-order valence-electron chi connectivity index (χ1n) is 8.02. The molecular weight excluding hydrogens is 332 g/mol. The van der Waals surface area contributed by atoms with Crippen molar-refractivity contribution in [2.75, 3.05) is 0 Å². The van der Waals surface area contributed by atoms with Gasteiger partial charge in [0.15, 0.2) is 5.69 Å². The highest BCUT2D eigenvalue weighted by atomic mass is 16.4. The number of nitriles is 1. The van der Waals surface area contributed by atoms with Crippen molar-refractivity contribution in [1.82, 2.24) is 14.8 Å². The van der Waals surface area contributed by atoms with E-state index in [2.05, 4.69) is 10.1 Å². The molecule has 132 valence electrons. The number of aromatic carboxylic acids is 1. The number of benzene rings is 1. The van der Waals surface area contributed by atoms with E-state index in [-0.39, 0.29) is 17.8 Å². The number of pyridine rings is 1. The Morgan fingerprint density at radius 2 is 2.04 bits per heavy atom. The molecule has 0 aliphatic carbocycles. The SMILES string of the molecule is Cc1cnc2c(C(C)(C)O)cc(Cn3ncc(C(=O)O)c3C#N)cc2c1. The standard InChI is InChI=1S/C19H18N4O3/c1-11-4-13-5-12(6-15(19(2,3)26)17(13)21-8-11)10-23-16(7-20)14(9-22-23)18(24)25/h4-6,8-9,26H,10H2,1-3H3,(H,24,25). The summed E-state index contributed by atoms with van der Waals surface area (Å²) in [4.78, 5) is 15.6. The number of aryl methyl sites for hydroxylation is 1. The number of carboxylic acid groups (broad SMARTS) is 1. The van der Waals surface area contributed by atoms with Crippen molar-refractivity contribution in [3.8, 4) is 6.07 Å². The summed E-state index contributed by atoms with van der Waals surface area (Å²) in [5, 5.41) is 33.9. The van der Waals surface area contributed by atoms with Gasteiger partial charge in [0.25, 0.3) is 0 Å². The van der Waals surface area contributed by atoms with Gasteiger partial charge < -0.3 is 10.2 Å². The van der Waals surface area contributed by atoms with Crippen LogP contribution in [0.25, 0.3) is 10.9 Å². The third-order valence-electron chi connectivity index (χ3n) is 4.15. The number of carbonyl (C=O) groups is 1. The molecule has 7 heteroatoms. The lowest BCUT2D eigenvalue weighted by atomic mass is 9.93. The van der Waals surface area contributed by atoms with Crippen LogP contribution in [0, 0.1) is 18.3 Å². The molecule has 0 atom stereocenters. The summed E-state index contributed by atoms with van der Waals surface area (Å²) in [6.45, 7) is 5.51. The number of hydrogen-bond acceptors (Lipinski definition) is 5. The van der Waals surface area contributed by atoms with Crippen LogP contribution in [-0.4, -0.2) is 30.9 Å². The topological polar surface area (TPSA) is 112 Å². The normalized spacial score (nSPS) is 11.5. The zero-order valence-corrected chi connectivity index (χ0v) is 14.7. The molecule has 2 aromatic heterocycles. The van der Waals surface area contributed by atoms with Crippen molar-refractivity contribution in [1.29, 1.82) is 5.26 Å². The third kappa shape index (κ3) is 3.15. The van der Waals surface area contributed by atoms with E-state index in [4.69, 9.17) is 5.11 Å². The minimum atomic E-state index is -1.19. The van der Waals surface area contributed by atoms with Gasteiger partial charge in [0.1, 0.15) is 11.6 Å². The predicted molar refractivity (Wildman–Crippen MR) is 94.7 cm³/mol. The van der Waals surface area contributed by atoms with Gasteiger partial charge in [-0.05, 0) is 50.1 Å². The van der Waals surface area contributed by atoms with E-state index in [1.54, 1.807) is 20.0 Å². The molecule has 0 saturated carbocycles. The van der Waals surface area contributed by atoms with Gasteiger partial charge in [0.05, 0.1) is 23.9 Å². The number of nitrogens with zero attached hydrogens (tertiary/aromatic N) is 4. The van der Waals surface area contributed by atoms with E-state index in [0.717, 1.165) is 16.5 Å². The van der Waals surface area contributed by atoms with Gasteiger partial charge in [-0.25, -0.2) is 9.48 Å². The zero-order chi connectivity index (χ0) is 19.1. The first-order valence-corrected chi connectivity index (χ1v) is 8.02. The van der Waals surface area contributed by atoms with Gasteiger partial charge in [-0.1, -0.05) is 0 Å². The number of rotatable bonds is 4. The molecule has 0 aliphatic rings. The zero-order valence-electron chi connectivity index (χ0n) is 14.7. The Balaban J connectivity index is 2.15. The first-order chi connectivity index (χ1) is 12.2. The summed E-state index contributed by atoms with van der Waals surface area (Å²) in [5.74, 6) is -1.19. The monoisotopic (exact) mass is 350 g/mol.